The van der Waals surface area contributed by atoms with E-state index >= 15 is 0 Å². The molecule has 5 nitrogen and oxygen atoms in total. The van der Waals surface area contributed by atoms with E-state index in [9.17, 15) is 9.90 Å². The first-order chi connectivity index (χ1) is 11.5. The zero-order valence-corrected chi connectivity index (χ0v) is 14.5. The Balaban J connectivity index is 1.52. The third-order valence-electron chi connectivity index (χ3n) is 4.67. The molecule has 0 saturated carbocycles. The first-order valence-corrected chi connectivity index (χ1v) is 8.60. The predicted octanol–water partition coefficient (Wildman–Crippen LogP) is 2.90. The second kappa shape index (κ2) is 7.36. The van der Waals surface area contributed by atoms with E-state index in [-0.39, 0.29) is 12.3 Å². The molecule has 1 N–H and O–H groups in total. The van der Waals surface area contributed by atoms with Gasteiger partial charge in [0.05, 0.1) is 18.7 Å². The molecule has 2 heterocycles. The van der Waals surface area contributed by atoms with E-state index < -0.39 is 6.10 Å². The molecule has 1 fully saturated rings. The zero-order valence-electron chi connectivity index (χ0n) is 13.7. The van der Waals surface area contributed by atoms with Gasteiger partial charge in [0.25, 0.3) is 0 Å². The fourth-order valence-electron chi connectivity index (χ4n) is 3.21. The smallest absolute Gasteiger partial charge is 0.225 e. The van der Waals surface area contributed by atoms with Crippen LogP contribution in [0.5, 0.6) is 0 Å². The van der Waals surface area contributed by atoms with Crippen LogP contribution in [-0.4, -0.2) is 38.8 Å². The quantitative estimate of drug-likeness (QED) is 0.925. The summed E-state index contributed by atoms with van der Waals surface area (Å²) >= 11 is 5.85. The molecule has 0 spiro atoms. The van der Waals surface area contributed by atoms with E-state index in [1.165, 1.54) is 5.56 Å². The van der Waals surface area contributed by atoms with Crippen molar-refractivity contribution >= 4 is 17.5 Å². The standard InChI is InChI=1S/C18H22ClN3O2/c1-21-12-15(11-20-21)13-6-8-22(9-7-13)18(24)10-17(23)14-2-4-16(19)5-3-14/h2-5,11-13,17,23H,6-10H2,1H3. The molecule has 1 saturated heterocycles. The molecule has 1 amide bonds. The van der Waals surface area contributed by atoms with Gasteiger partial charge in [0.15, 0.2) is 0 Å². The van der Waals surface area contributed by atoms with Crippen LogP contribution in [0.1, 0.15) is 42.4 Å². The number of amides is 1. The van der Waals surface area contributed by atoms with E-state index in [4.69, 9.17) is 11.6 Å². The Morgan fingerprint density at radius 2 is 2.00 bits per heavy atom. The molecule has 2 aromatic rings. The average molecular weight is 348 g/mol. The lowest BCUT2D eigenvalue weighted by Crippen LogP contribution is -2.38. The summed E-state index contributed by atoms with van der Waals surface area (Å²) in [5, 5.41) is 15.1. The van der Waals surface area contributed by atoms with Gasteiger partial charge in [-0.05, 0) is 42.0 Å². The highest BCUT2D eigenvalue weighted by atomic mass is 35.5. The van der Waals surface area contributed by atoms with Crippen molar-refractivity contribution in [1.82, 2.24) is 14.7 Å². The van der Waals surface area contributed by atoms with Crippen molar-refractivity contribution in [2.24, 2.45) is 7.05 Å². The summed E-state index contributed by atoms with van der Waals surface area (Å²) < 4.78 is 1.81. The molecule has 128 valence electrons. The van der Waals surface area contributed by atoms with E-state index in [0.717, 1.165) is 31.5 Å². The number of aliphatic hydroxyl groups excluding tert-OH is 1. The van der Waals surface area contributed by atoms with Gasteiger partial charge in [-0.3, -0.25) is 9.48 Å². The number of nitrogens with zero attached hydrogens (tertiary/aromatic N) is 3. The number of carbonyl (C=O) groups is 1. The van der Waals surface area contributed by atoms with Crippen LogP contribution >= 0.6 is 11.6 Å². The Hall–Kier alpha value is -1.85. The summed E-state index contributed by atoms with van der Waals surface area (Å²) in [6.07, 6.45) is 5.16. The van der Waals surface area contributed by atoms with Crippen molar-refractivity contribution in [2.45, 2.75) is 31.3 Å². The molecular weight excluding hydrogens is 326 g/mol. The van der Waals surface area contributed by atoms with Crippen molar-refractivity contribution in [3.63, 3.8) is 0 Å². The van der Waals surface area contributed by atoms with Crippen LogP contribution in [0.4, 0.5) is 0 Å². The maximum atomic E-state index is 12.4. The topological polar surface area (TPSA) is 58.4 Å². The van der Waals surface area contributed by atoms with Gasteiger partial charge < -0.3 is 10.0 Å². The lowest BCUT2D eigenvalue weighted by Gasteiger charge is -2.32. The number of piperidine rings is 1. The third kappa shape index (κ3) is 3.97. The Kier molecular flexibility index (Phi) is 5.21. The lowest BCUT2D eigenvalue weighted by molar-refractivity contribution is -0.134. The number of halogens is 1. The molecule has 0 radical (unpaired) electrons. The predicted molar refractivity (Wildman–Crippen MR) is 92.8 cm³/mol. The van der Waals surface area contributed by atoms with E-state index in [2.05, 4.69) is 5.10 Å². The number of aromatic nitrogens is 2. The van der Waals surface area contributed by atoms with Crippen LogP contribution in [0.3, 0.4) is 0 Å². The minimum absolute atomic E-state index is 0.00193. The van der Waals surface area contributed by atoms with Crippen molar-refractivity contribution in [3.8, 4) is 0 Å². The van der Waals surface area contributed by atoms with Crippen LogP contribution < -0.4 is 0 Å². The highest BCUT2D eigenvalue weighted by molar-refractivity contribution is 6.30. The summed E-state index contributed by atoms with van der Waals surface area (Å²) in [7, 11) is 1.92. The van der Waals surface area contributed by atoms with Gasteiger partial charge in [0.1, 0.15) is 0 Å². The summed E-state index contributed by atoms with van der Waals surface area (Å²) in [5.41, 5.74) is 1.96. The van der Waals surface area contributed by atoms with Crippen molar-refractivity contribution in [1.29, 1.82) is 0 Å². The van der Waals surface area contributed by atoms with Crippen molar-refractivity contribution in [3.05, 3.63) is 52.8 Å². The molecular formula is C18H22ClN3O2. The maximum absolute atomic E-state index is 12.4. The van der Waals surface area contributed by atoms with Gasteiger partial charge in [-0.25, -0.2) is 0 Å². The molecule has 1 atom stereocenters. The van der Waals surface area contributed by atoms with Crippen LogP contribution in [0.25, 0.3) is 0 Å². The van der Waals surface area contributed by atoms with Crippen LogP contribution in [0.15, 0.2) is 36.7 Å². The Morgan fingerprint density at radius 3 is 2.58 bits per heavy atom. The van der Waals surface area contributed by atoms with E-state index in [1.54, 1.807) is 24.3 Å². The zero-order chi connectivity index (χ0) is 17.1. The second-order valence-corrected chi connectivity index (χ2v) is 6.81. The molecule has 1 aliphatic heterocycles. The molecule has 0 bridgehead atoms. The largest absolute Gasteiger partial charge is 0.388 e. The van der Waals surface area contributed by atoms with E-state index in [0.29, 0.717) is 10.9 Å². The number of carbonyl (C=O) groups excluding carboxylic acids is 1. The molecule has 3 rings (SSSR count). The normalized spacial score (nSPS) is 17.0. The summed E-state index contributed by atoms with van der Waals surface area (Å²) in [5.74, 6) is 0.464. The Labute approximate surface area is 146 Å². The number of benzene rings is 1. The number of rotatable bonds is 4. The second-order valence-electron chi connectivity index (χ2n) is 6.37. The van der Waals surface area contributed by atoms with Gasteiger partial charge in [0.2, 0.25) is 5.91 Å². The Morgan fingerprint density at radius 1 is 1.33 bits per heavy atom. The van der Waals surface area contributed by atoms with Gasteiger partial charge >= 0.3 is 0 Å². The SMILES string of the molecule is Cn1cc(C2CCN(C(=O)CC(O)c3ccc(Cl)cc3)CC2)cn1. The lowest BCUT2D eigenvalue weighted by atomic mass is 9.91. The van der Waals surface area contributed by atoms with E-state index in [1.807, 2.05) is 29.0 Å². The monoisotopic (exact) mass is 347 g/mol. The number of hydrogen-bond donors (Lipinski definition) is 1. The first kappa shape index (κ1) is 17.0. The van der Waals surface area contributed by atoms with Gasteiger partial charge in [0, 0.05) is 31.4 Å². The van der Waals surface area contributed by atoms with Crippen LogP contribution in [-0.2, 0) is 11.8 Å². The fraction of sp³-hybridized carbons (Fsp3) is 0.444. The average Bonchev–Trinajstić information content (AvgIpc) is 3.02. The molecule has 1 unspecified atom stereocenters. The maximum Gasteiger partial charge on any atom is 0.225 e. The third-order valence-corrected chi connectivity index (χ3v) is 4.92. The molecule has 6 heteroatoms. The minimum atomic E-state index is -0.786. The molecule has 1 aliphatic rings. The Bertz CT molecular complexity index is 691. The molecule has 1 aromatic heterocycles. The number of aryl methyl sites for hydroxylation is 1. The molecule has 0 aliphatic carbocycles. The highest BCUT2D eigenvalue weighted by Crippen LogP contribution is 2.28. The highest BCUT2D eigenvalue weighted by Gasteiger charge is 2.26. The van der Waals surface area contributed by atoms with Crippen molar-refractivity contribution in [2.75, 3.05) is 13.1 Å². The summed E-state index contributed by atoms with van der Waals surface area (Å²) in [4.78, 5) is 14.3. The minimum Gasteiger partial charge on any atom is -0.388 e. The summed E-state index contributed by atoms with van der Waals surface area (Å²) in [6.45, 7) is 1.46. The molecule has 24 heavy (non-hydrogen) atoms. The van der Waals surface area contributed by atoms with Crippen LogP contribution in [0.2, 0.25) is 5.02 Å². The number of likely N-dealkylation sites (tertiary alicyclic amines) is 1. The number of aliphatic hydroxyl groups is 1. The van der Waals surface area contributed by atoms with Gasteiger partial charge in [-0.15, -0.1) is 0 Å². The van der Waals surface area contributed by atoms with Gasteiger partial charge in [-0.1, -0.05) is 23.7 Å². The number of hydrogen-bond acceptors (Lipinski definition) is 3. The summed E-state index contributed by atoms with van der Waals surface area (Å²) in [6, 6.07) is 6.97. The van der Waals surface area contributed by atoms with Crippen molar-refractivity contribution < 1.29 is 9.90 Å². The van der Waals surface area contributed by atoms with Crippen LogP contribution in [0, 0.1) is 0 Å². The van der Waals surface area contributed by atoms with Gasteiger partial charge in [-0.2, -0.15) is 5.10 Å². The fourth-order valence-corrected chi connectivity index (χ4v) is 3.34. The molecule has 1 aromatic carbocycles. The first-order valence-electron chi connectivity index (χ1n) is 8.23.